The fourth-order valence-corrected chi connectivity index (χ4v) is 4.28. The minimum Gasteiger partial charge on any atom is -0.493 e. The molecule has 0 amide bonds. The number of fused-ring (bicyclic) bond motifs is 3. The zero-order valence-electron chi connectivity index (χ0n) is 21.2. The summed E-state index contributed by atoms with van der Waals surface area (Å²) in [5, 5.41) is 1.78. The monoisotopic (exact) mass is 454 g/mol. The minimum atomic E-state index is 0.562. The molecule has 0 aliphatic rings. The van der Waals surface area contributed by atoms with Crippen LogP contribution in [-0.4, -0.2) is 23.2 Å². The Balaban J connectivity index is 1.75. The summed E-state index contributed by atoms with van der Waals surface area (Å²) in [7, 11) is 0. The van der Waals surface area contributed by atoms with Crippen molar-refractivity contribution >= 4 is 22.2 Å². The second-order valence-corrected chi connectivity index (χ2v) is 9.16. The van der Waals surface area contributed by atoms with Crippen LogP contribution in [0.4, 0.5) is 0 Å². The summed E-state index contributed by atoms with van der Waals surface area (Å²) in [6.07, 6.45) is 16.6. The number of aryl methyl sites for hydroxylation is 1. The van der Waals surface area contributed by atoms with E-state index in [2.05, 4.69) is 30.7 Å². The minimum absolute atomic E-state index is 0.562. The highest BCUT2D eigenvalue weighted by molar-refractivity contribution is 6.09. The molecule has 0 atom stereocenters. The summed E-state index contributed by atoms with van der Waals surface area (Å²) < 4.78 is 18.6. The first-order valence-corrected chi connectivity index (χ1v) is 13.1. The van der Waals surface area contributed by atoms with Crippen molar-refractivity contribution in [3.05, 3.63) is 23.5 Å². The van der Waals surface area contributed by atoms with Crippen molar-refractivity contribution in [3.63, 3.8) is 0 Å². The van der Waals surface area contributed by atoms with Crippen LogP contribution in [0.15, 0.2) is 16.7 Å². The standard InChI is InChI=1S/C28H42N2O3/c1-5-7-9-11-13-15-19-31-23-17-18-29-27-24(23)25-26(21(3)22(4)30-28(25)33-27)32-20-16-14-12-10-8-6-2/h17-18H,5-16,19-20H2,1-4H3. The van der Waals surface area contributed by atoms with Crippen LogP contribution < -0.4 is 9.47 Å². The number of hydrogen-bond donors (Lipinski definition) is 0. The quantitative estimate of drug-likeness (QED) is 0.203. The highest BCUT2D eigenvalue weighted by Gasteiger charge is 2.21. The Morgan fingerprint density at radius 1 is 0.727 bits per heavy atom. The van der Waals surface area contributed by atoms with Crippen molar-refractivity contribution in [3.8, 4) is 11.5 Å². The molecule has 0 unspecified atom stereocenters. The van der Waals surface area contributed by atoms with Gasteiger partial charge >= 0.3 is 0 Å². The molecule has 33 heavy (non-hydrogen) atoms. The molecule has 3 rings (SSSR count). The van der Waals surface area contributed by atoms with E-state index in [-0.39, 0.29) is 0 Å². The third-order valence-electron chi connectivity index (χ3n) is 6.41. The predicted molar refractivity (Wildman–Crippen MR) is 137 cm³/mol. The van der Waals surface area contributed by atoms with Gasteiger partial charge in [-0.15, -0.1) is 0 Å². The molecule has 5 nitrogen and oxygen atoms in total. The third kappa shape index (κ3) is 6.84. The van der Waals surface area contributed by atoms with Crippen molar-refractivity contribution in [1.29, 1.82) is 0 Å². The lowest BCUT2D eigenvalue weighted by atomic mass is 10.1. The van der Waals surface area contributed by atoms with Gasteiger partial charge in [-0.2, -0.15) is 0 Å². The fourth-order valence-electron chi connectivity index (χ4n) is 4.28. The van der Waals surface area contributed by atoms with Gasteiger partial charge in [-0.3, -0.25) is 0 Å². The van der Waals surface area contributed by atoms with Crippen LogP contribution in [0.5, 0.6) is 11.5 Å². The number of furan rings is 1. The van der Waals surface area contributed by atoms with Gasteiger partial charge in [-0.05, 0) is 32.8 Å². The van der Waals surface area contributed by atoms with Crippen LogP contribution >= 0.6 is 0 Å². The van der Waals surface area contributed by atoms with Crippen molar-refractivity contribution < 1.29 is 13.9 Å². The van der Waals surface area contributed by atoms with E-state index in [1.807, 2.05) is 13.0 Å². The molecular weight excluding hydrogens is 412 g/mol. The summed E-state index contributed by atoms with van der Waals surface area (Å²) in [5.74, 6) is 1.67. The average Bonchev–Trinajstić information content (AvgIpc) is 3.18. The Labute approximate surface area is 199 Å². The highest BCUT2D eigenvalue weighted by atomic mass is 16.5. The molecule has 0 aromatic carbocycles. The molecule has 3 aromatic rings. The van der Waals surface area contributed by atoms with Gasteiger partial charge in [0.2, 0.25) is 11.4 Å². The van der Waals surface area contributed by atoms with Crippen LogP contribution in [0, 0.1) is 13.8 Å². The first-order chi connectivity index (χ1) is 16.2. The van der Waals surface area contributed by atoms with E-state index in [0.717, 1.165) is 46.4 Å². The van der Waals surface area contributed by atoms with Crippen LogP contribution in [0.2, 0.25) is 0 Å². The molecule has 0 aliphatic heterocycles. The largest absolute Gasteiger partial charge is 0.493 e. The molecular formula is C28H42N2O3. The lowest BCUT2D eigenvalue weighted by Gasteiger charge is -2.13. The van der Waals surface area contributed by atoms with Gasteiger partial charge in [0.25, 0.3) is 0 Å². The Kier molecular flexibility index (Phi) is 10.3. The second kappa shape index (κ2) is 13.4. The maximum atomic E-state index is 6.36. The smallest absolute Gasteiger partial charge is 0.233 e. The van der Waals surface area contributed by atoms with Gasteiger partial charge < -0.3 is 13.9 Å². The summed E-state index contributed by atoms with van der Waals surface area (Å²) >= 11 is 0. The van der Waals surface area contributed by atoms with E-state index in [0.29, 0.717) is 24.6 Å². The molecule has 5 heteroatoms. The first kappa shape index (κ1) is 25.3. The molecule has 3 aromatic heterocycles. The second-order valence-electron chi connectivity index (χ2n) is 9.16. The lowest BCUT2D eigenvalue weighted by Crippen LogP contribution is -2.02. The van der Waals surface area contributed by atoms with Gasteiger partial charge in [-0.25, -0.2) is 9.97 Å². The average molecular weight is 455 g/mol. The van der Waals surface area contributed by atoms with E-state index in [1.54, 1.807) is 6.20 Å². The molecule has 0 fully saturated rings. The van der Waals surface area contributed by atoms with Gasteiger partial charge in [0.1, 0.15) is 11.5 Å². The number of unbranched alkanes of at least 4 members (excludes halogenated alkanes) is 10. The van der Waals surface area contributed by atoms with Gasteiger partial charge in [0.15, 0.2) is 0 Å². The molecule has 0 radical (unpaired) electrons. The molecule has 182 valence electrons. The van der Waals surface area contributed by atoms with Crippen LogP contribution in [0.25, 0.3) is 22.2 Å². The van der Waals surface area contributed by atoms with Gasteiger partial charge in [0, 0.05) is 17.5 Å². The molecule has 0 spiro atoms. The van der Waals surface area contributed by atoms with Crippen molar-refractivity contribution in [2.45, 2.75) is 105 Å². The molecule has 0 saturated carbocycles. The van der Waals surface area contributed by atoms with E-state index in [1.165, 1.54) is 64.2 Å². The highest BCUT2D eigenvalue weighted by Crippen LogP contribution is 2.41. The van der Waals surface area contributed by atoms with Gasteiger partial charge in [0.05, 0.1) is 24.0 Å². The lowest BCUT2D eigenvalue weighted by molar-refractivity contribution is 0.304. The Morgan fingerprint density at radius 3 is 2.00 bits per heavy atom. The summed E-state index contributed by atoms with van der Waals surface area (Å²) in [6.45, 7) is 9.97. The fraction of sp³-hybridized carbons (Fsp3) is 0.643. The molecule has 3 heterocycles. The molecule has 0 bridgehead atoms. The molecule has 0 N–H and O–H groups in total. The van der Waals surface area contributed by atoms with Crippen molar-refractivity contribution in [2.24, 2.45) is 0 Å². The summed E-state index contributed by atoms with van der Waals surface area (Å²) in [4.78, 5) is 9.14. The maximum Gasteiger partial charge on any atom is 0.233 e. The SMILES string of the molecule is CCCCCCCCOc1ccnc2oc3nc(C)c(C)c(OCCCCCCCC)c3c12. The van der Waals surface area contributed by atoms with Crippen LogP contribution in [0.1, 0.15) is 102 Å². The first-order valence-electron chi connectivity index (χ1n) is 13.1. The van der Waals surface area contributed by atoms with E-state index in [9.17, 15) is 0 Å². The number of rotatable bonds is 16. The van der Waals surface area contributed by atoms with E-state index >= 15 is 0 Å². The Hall–Kier alpha value is -2.30. The Bertz CT molecular complexity index is 996. The number of ether oxygens (including phenoxy) is 2. The number of hydrogen-bond acceptors (Lipinski definition) is 5. The van der Waals surface area contributed by atoms with Gasteiger partial charge in [-0.1, -0.05) is 78.1 Å². The maximum absolute atomic E-state index is 6.36. The van der Waals surface area contributed by atoms with Crippen LogP contribution in [-0.2, 0) is 0 Å². The number of nitrogens with zero attached hydrogens (tertiary/aromatic N) is 2. The Morgan fingerprint density at radius 2 is 1.33 bits per heavy atom. The zero-order valence-corrected chi connectivity index (χ0v) is 21.2. The van der Waals surface area contributed by atoms with Crippen molar-refractivity contribution in [1.82, 2.24) is 9.97 Å². The van der Waals surface area contributed by atoms with Crippen molar-refractivity contribution in [2.75, 3.05) is 13.2 Å². The topological polar surface area (TPSA) is 57.4 Å². The molecule has 0 aliphatic carbocycles. The summed E-state index contributed by atoms with van der Waals surface area (Å²) in [6, 6.07) is 1.93. The van der Waals surface area contributed by atoms with E-state index < -0.39 is 0 Å². The normalized spacial score (nSPS) is 11.5. The van der Waals surface area contributed by atoms with E-state index in [4.69, 9.17) is 13.9 Å². The third-order valence-corrected chi connectivity index (χ3v) is 6.41. The predicted octanol–water partition coefficient (Wildman–Crippen LogP) is 8.47. The number of pyridine rings is 2. The number of aromatic nitrogens is 2. The summed E-state index contributed by atoms with van der Waals surface area (Å²) in [5.41, 5.74) is 3.12. The molecule has 0 saturated heterocycles. The van der Waals surface area contributed by atoms with Crippen LogP contribution in [0.3, 0.4) is 0 Å². The zero-order chi connectivity index (χ0) is 23.5.